The summed E-state index contributed by atoms with van der Waals surface area (Å²) in [4.78, 5) is 15.0. The molecular weight excluding hydrogens is 312 g/mol. The van der Waals surface area contributed by atoms with Crippen molar-refractivity contribution in [2.75, 3.05) is 5.73 Å². The lowest BCUT2D eigenvalue weighted by Crippen LogP contribution is -2.13. The van der Waals surface area contributed by atoms with Gasteiger partial charge in [-0.15, -0.1) is 0 Å². The van der Waals surface area contributed by atoms with Gasteiger partial charge in [0, 0.05) is 26.9 Å². The summed E-state index contributed by atoms with van der Waals surface area (Å²) in [6.07, 6.45) is 0. The first-order valence-corrected chi connectivity index (χ1v) is 7.49. The minimum atomic E-state index is -0.312. The number of rotatable bonds is 1. The molecule has 6 heteroatoms. The van der Waals surface area contributed by atoms with Crippen LogP contribution in [0.1, 0.15) is 5.69 Å². The van der Waals surface area contributed by atoms with Gasteiger partial charge >= 0.3 is 0 Å². The van der Waals surface area contributed by atoms with Crippen molar-refractivity contribution in [3.8, 4) is 11.1 Å². The highest BCUT2D eigenvalue weighted by atomic mass is 35.5. The fourth-order valence-corrected chi connectivity index (χ4v) is 3.19. The Morgan fingerprint density at radius 3 is 2.83 bits per heavy atom. The highest BCUT2D eigenvalue weighted by Gasteiger charge is 2.16. The Labute approximate surface area is 136 Å². The minimum Gasteiger partial charge on any atom is -0.394 e. The van der Waals surface area contributed by atoms with Gasteiger partial charge in [0.25, 0.3) is 5.56 Å². The molecule has 0 bridgehead atoms. The highest BCUT2D eigenvalue weighted by molar-refractivity contribution is 6.31. The summed E-state index contributed by atoms with van der Waals surface area (Å²) in [6, 6.07) is 11.1. The number of halogens is 1. The van der Waals surface area contributed by atoms with Crippen LogP contribution < -0.4 is 11.3 Å². The lowest BCUT2D eigenvalue weighted by atomic mass is 9.96. The zero-order valence-corrected chi connectivity index (χ0v) is 13.0. The number of aromatic amines is 2. The normalized spacial score (nSPS) is 11.4. The monoisotopic (exact) mass is 324 g/mol. The molecule has 0 aliphatic carbocycles. The van der Waals surface area contributed by atoms with Crippen molar-refractivity contribution in [2.45, 2.75) is 6.92 Å². The van der Waals surface area contributed by atoms with Crippen LogP contribution in [0.2, 0.25) is 5.02 Å². The summed E-state index contributed by atoms with van der Waals surface area (Å²) in [7, 11) is 0. The quantitative estimate of drug-likeness (QED) is 0.499. The first-order valence-electron chi connectivity index (χ1n) is 7.11. The summed E-state index contributed by atoms with van der Waals surface area (Å²) in [5.74, 6) is 0. The zero-order valence-electron chi connectivity index (χ0n) is 12.3. The van der Waals surface area contributed by atoms with Gasteiger partial charge in [-0.3, -0.25) is 9.89 Å². The standard InChI is InChI=1S/C17H13ClN4O/c1-8-14-10(3-2-4-13(14)22-21-8)15-11-7-9(18)5-6-12(11)20-17(23)16(15)19/h2-7H,19H2,1H3,(H,20,23)(H,21,22). The van der Waals surface area contributed by atoms with Gasteiger partial charge in [-0.1, -0.05) is 23.7 Å². The Hall–Kier alpha value is -2.79. The number of aromatic nitrogens is 3. The Balaban J connectivity index is 2.24. The van der Waals surface area contributed by atoms with E-state index in [1.54, 1.807) is 12.1 Å². The predicted octanol–water partition coefficient (Wildman–Crippen LogP) is 3.62. The fraction of sp³-hybridized carbons (Fsp3) is 0.0588. The van der Waals surface area contributed by atoms with Crippen molar-refractivity contribution in [1.82, 2.24) is 15.2 Å². The number of H-pyrrole nitrogens is 2. The maximum atomic E-state index is 12.2. The summed E-state index contributed by atoms with van der Waals surface area (Å²) in [5, 5.41) is 9.59. The third-order valence-corrected chi connectivity index (χ3v) is 4.29. The molecule has 23 heavy (non-hydrogen) atoms. The molecule has 4 aromatic rings. The number of anilines is 1. The molecule has 0 radical (unpaired) electrons. The molecule has 5 nitrogen and oxygen atoms in total. The molecule has 0 fully saturated rings. The van der Waals surface area contributed by atoms with Crippen LogP contribution in [0.5, 0.6) is 0 Å². The van der Waals surface area contributed by atoms with Crippen LogP contribution in [0.25, 0.3) is 32.9 Å². The molecule has 0 saturated carbocycles. The molecule has 0 unspecified atom stereocenters. The summed E-state index contributed by atoms with van der Waals surface area (Å²) in [6.45, 7) is 1.92. The molecule has 0 saturated heterocycles. The molecular formula is C17H13ClN4O. The number of hydrogen-bond acceptors (Lipinski definition) is 3. The number of benzene rings is 2. The SMILES string of the molecule is Cc1n[nH]c2cccc(-c3c(N)c(=O)[nH]c4ccc(Cl)cc34)c12. The number of pyridine rings is 1. The molecule has 4 N–H and O–H groups in total. The van der Waals surface area contributed by atoms with E-state index in [1.165, 1.54) is 0 Å². The number of hydrogen-bond donors (Lipinski definition) is 3. The van der Waals surface area contributed by atoms with Gasteiger partial charge < -0.3 is 10.7 Å². The smallest absolute Gasteiger partial charge is 0.272 e. The fourth-order valence-electron chi connectivity index (χ4n) is 3.01. The molecule has 114 valence electrons. The molecule has 4 rings (SSSR count). The van der Waals surface area contributed by atoms with Crippen molar-refractivity contribution in [3.05, 3.63) is 57.5 Å². The average molecular weight is 325 g/mol. The van der Waals surface area contributed by atoms with Gasteiger partial charge in [0.2, 0.25) is 0 Å². The summed E-state index contributed by atoms with van der Waals surface area (Å²) >= 11 is 6.15. The van der Waals surface area contributed by atoms with Crippen LogP contribution in [-0.2, 0) is 0 Å². The maximum absolute atomic E-state index is 12.2. The molecule has 0 spiro atoms. The second-order valence-electron chi connectivity index (χ2n) is 5.47. The Morgan fingerprint density at radius 2 is 2.00 bits per heavy atom. The first-order chi connectivity index (χ1) is 11.1. The van der Waals surface area contributed by atoms with Gasteiger partial charge in [0.05, 0.1) is 11.2 Å². The van der Waals surface area contributed by atoms with E-state index in [9.17, 15) is 4.79 Å². The van der Waals surface area contributed by atoms with Gasteiger partial charge in [0.15, 0.2) is 0 Å². The molecule has 2 heterocycles. The molecule has 0 amide bonds. The van der Waals surface area contributed by atoms with Crippen LogP contribution >= 0.6 is 11.6 Å². The summed E-state index contributed by atoms with van der Waals surface area (Å²) in [5.41, 5.74) is 9.98. The second-order valence-corrected chi connectivity index (χ2v) is 5.91. The highest BCUT2D eigenvalue weighted by Crippen LogP contribution is 2.37. The van der Waals surface area contributed by atoms with Crippen molar-refractivity contribution >= 4 is 39.1 Å². The van der Waals surface area contributed by atoms with E-state index in [4.69, 9.17) is 17.3 Å². The van der Waals surface area contributed by atoms with Crippen LogP contribution in [0, 0.1) is 6.92 Å². The van der Waals surface area contributed by atoms with Crippen LogP contribution in [0.15, 0.2) is 41.2 Å². The molecule has 0 aliphatic heterocycles. The number of nitrogens with one attached hydrogen (secondary N) is 2. The number of nitrogens with two attached hydrogens (primary N) is 1. The Kier molecular flexibility index (Phi) is 2.92. The Bertz CT molecular complexity index is 1130. The zero-order chi connectivity index (χ0) is 16.1. The second kappa shape index (κ2) is 4.86. The lowest BCUT2D eigenvalue weighted by molar-refractivity contribution is 1.07. The largest absolute Gasteiger partial charge is 0.394 e. The number of nitrogens with zero attached hydrogens (tertiary/aromatic N) is 1. The molecule has 0 atom stereocenters. The van der Waals surface area contributed by atoms with Crippen molar-refractivity contribution < 1.29 is 0 Å². The average Bonchev–Trinajstić information content (AvgIpc) is 2.91. The minimum absolute atomic E-state index is 0.174. The maximum Gasteiger partial charge on any atom is 0.272 e. The van der Waals surface area contributed by atoms with E-state index < -0.39 is 0 Å². The number of aryl methyl sites for hydroxylation is 1. The predicted molar refractivity (Wildman–Crippen MR) is 93.8 cm³/mol. The van der Waals surface area contributed by atoms with Gasteiger partial charge in [0.1, 0.15) is 5.69 Å². The van der Waals surface area contributed by atoms with E-state index in [0.717, 1.165) is 27.5 Å². The Morgan fingerprint density at radius 1 is 1.17 bits per heavy atom. The number of nitrogen functional groups attached to an aromatic ring is 1. The van der Waals surface area contributed by atoms with E-state index in [2.05, 4.69) is 15.2 Å². The van der Waals surface area contributed by atoms with Gasteiger partial charge in [-0.05, 0) is 36.8 Å². The van der Waals surface area contributed by atoms with Crippen LogP contribution in [0.4, 0.5) is 5.69 Å². The first kappa shape index (κ1) is 13.8. The van der Waals surface area contributed by atoms with Crippen molar-refractivity contribution in [2.24, 2.45) is 0 Å². The van der Waals surface area contributed by atoms with Crippen LogP contribution in [0.3, 0.4) is 0 Å². The topological polar surface area (TPSA) is 87.6 Å². The van der Waals surface area contributed by atoms with Gasteiger partial charge in [-0.25, -0.2) is 0 Å². The molecule has 2 aromatic carbocycles. The van der Waals surface area contributed by atoms with Gasteiger partial charge in [-0.2, -0.15) is 5.10 Å². The lowest BCUT2D eigenvalue weighted by Gasteiger charge is -2.11. The molecule has 0 aliphatic rings. The van der Waals surface area contributed by atoms with E-state index in [1.807, 2.05) is 31.2 Å². The molecule has 2 aromatic heterocycles. The number of fused-ring (bicyclic) bond motifs is 2. The van der Waals surface area contributed by atoms with E-state index >= 15 is 0 Å². The van der Waals surface area contributed by atoms with Crippen molar-refractivity contribution in [1.29, 1.82) is 0 Å². The summed E-state index contributed by atoms with van der Waals surface area (Å²) < 4.78 is 0. The third-order valence-electron chi connectivity index (χ3n) is 4.05. The van der Waals surface area contributed by atoms with Crippen LogP contribution in [-0.4, -0.2) is 15.2 Å². The van der Waals surface area contributed by atoms with Crippen molar-refractivity contribution in [3.63, 3.8) is 0 Å². The van der Waals surface area contributed by atoms with E-state index in [0.29, 0.717) is 16.1 Å². The van der Waals surface area contributed by atoms with E-state index in [-0.39, 0.29) is 11.2 Å². The third kappa shape index (κ3) is 2.01.